The van der Waals surface area contributed by atoms with Gasteiger partial charge in [-0.2, -0.15) is 24.7 Å². The molecule has 3 aliphatic rings. The molecule has 2 bridgehead atoms. The minimum absolute atomic E-state index is 0.173. The second-order valence-corrected chi connectivity index (χ2v) is 6.56. The molecule has 21 heavy (non-hydrogen) atoms. The van der Waals surface area contributed by atoms with Crippen LogP contribution in [0.1, 0.15) is 19.3 Å². The molecule has 0 amide bonds. The summed E-state index contributed by atoms with van der Waals surface area (Å²) >= 11 is 6.00. The molecule has 8 heteroatoms. The van der Waals surface area contributed by atoms with Crippen LogP contribution in [0.3, 0.4) is 0 Å². The second kappa shape index (κ2) is 4.13. The summed E-state index contributed by atoms with van der Waals surface area (Å²) < 4.78 is 1.48. The Kier molecular flexibility index (Phi) is 2.33. The van der Waals surface area contributed by atoms with Crippen LogP contribution in [-0.2, 0) is 0 Å². The lowest BCUT2D eigenvalue weighted by atomic mass is 10.0. The highest BCUT2D eigenvalue weighted by Crippen LogP contribution is 2.66. The minimum atomic E-state index is 0.173. The topological polar surface area (TPSA) is 81.4 Å². The van der Waals surface area contributed by atoms with Gasteiger partial charge in [0.2, 0.25) is 11.2 Å². The van der Waals surface area contributed by atoms with Crippen molar-refractivity contribution in [3.8, 4) is 5.95 Å². The highest BCUT2D eigenvalue weighted by Gasteiger charge is 2.65. The van der Waals surface area contributed by atoms with E-state index in [4.69, 9.17) is 11.6 Å². The number of aromatic nitrogens is 6. The van der Waals surface area contributed by atoms with Crippen molar-refractivity contribution in [2.45, 2.75) is 25.3 Å². The van der Waals surface area contributed by atoms with E-state index >= 15 is 0 Å². The van der Waals surface area contributed by atoms with E-state index in [-0.39, 0.29) is 5.28 Å². The molecule has 0 radical (unpaired) electrons. The third-order valence-corrected chi connectivity index (χ3v) is 5.42. The number of hydrogen-bond donors (Lipinski definition) is 1. The van der Waals surface area contributed by atoms with Crippen molar-refractivity contribution in [1.29, 1.82) is 0 Å². The first-order chi connectivity index (χ1) is 10.3. The third kappa shape index (κ3) is 1.76. The molecule has 3 fully saturated rings. The molecule has 2 aromatic heterocycles. The van der Waals surface area contributed by atoms with Crippen LogP contribution in [0.2, 0.25) is 5.28 Å². The highest BCUT2D eigenvalue weighted by molar-refractivity contribution is 6.28. The van der Waals surface area contributed by atoms with Gasteiger partial charge in [-0.3, -0.25) is 0 Å². The van der Waals surface area contributed by atoms with Crippen molar-refractivity contribution in [3.63, 3.8) is 0 Å². The SMILES string of the molecule is Clc1nc(NC2C3C4CCC(C4)C23)nc(-n2cncn2)n1. The average Bonchev–Trinajstić information content (AvgIpc) is 2.97. The summed E-state index contributed by atoms with van der Waals surface area (Å²) in [5.41, 5.74) is 0. The fraction of sp³-hybridized carbons (Fsp3) is 0.615. The molecular formula is C13H14ClN7. The predicted octanol–water partition coefficient (Wildman–Crippen LogP) is 1.56. The van der Waals surface area contributed by atoms with Crippen molar-refractivity contribution in [1.82, 2.24) is 29.7 Å². The van der Waals surface area contributed by atoms with Crippen molar-refractivity contribution >= 4 is 17.5 Å². The Morgan fingerprint density at radius 2 is 1.95 bits per heavy atom. The first-order valence-electron chi connectivity index (χ1n) is 7.33. The maximum Gasteiger partial charge on any atom is 0.258 e. The summed E-state index contributed by atoms with van der Waals surface area (Å²) in [5.74, 6) is 4.38. The fourth-order valence-electron chi connectivity index (χ4n) is 4.49. The monoisotopic (exact) mass is 303 g/mol. The maximum atomic E-state index is 6.00. The van der Waals surface area contributed by atoms with Gasteiger partial charge in [0.05, 0.1) is 0 Å². The Labute approximate surface area is 126 Å². The molecule has 3 saturated carbocycles. The smallest absolute Gasteiger partial charge is 0.258 e. The van der Waals surface area contributed by atoms with Crippen molar-refractivity contribution in [3.05, 3.63) is 17.9 Å². The van der Waals surface area contributed by atoms with Crippen LogP contribution >= 0.6 is 11.6 Å². The molecule has 7 nitrogen and oxygen atoms in total. The van der Waals surface area contributed by atoms with Gasteiger partial charge < -0.3 is 5.32 Å². The van der Waals surface area contributed by atoms with Gasteiger partial charge in [-0.15, -0.1) is 0 Å². The Balaban J connectivity index is 1.40. The zero-order valence-electron chi connectivity index (χ0n) is 11.2. The van der Waals surface area contributed by atoms with Gasteiger partial charge in [0.25, 0.3) is 5.95 Å². The van der Waals surface area contributed by atoms with Gasteiger partial charge in [0, 0.05) is 6.04 Å². The lowest BCUT2D eigenvalue weighted by Gasteiger charge is -2.11. The van der Waals surface area contributed by atoms with Crippen LogP contribution in [0.15, 0.2) is 12.7 Å². The van der Waals surface area contributed by atoms with E-state index in [0.29, 0.717) is 17.9 Å². The van der Waals surface area contributed by atoms with Crippen LogP contribution in [0, 0.1) is 23.7 Å². The summed E-state index contributed by atoms with van der Waals surface area (Å²) in [6.07, 6.45) is 7.20. The molecule has 2 heterocycles. The van der Waals surface area contributed by atoms with Gasteiger partial charge in [0.1, 0.15) is 12.7 Å². The van der Waals surface area contributed by atoms with E-state index in [0.717, 1.165) is 23.7 Å². The van der Waals surface area contributed by atoms with Gasteiger partial charge in [-0.25, -0.2) is 4.98 Å². The molecule has 2 aromatic rings. The van der Waals surface area contributed by atoms with Crippen LogP contribution in [0.5, 0.6) is 0 Å². The first kappa shape index (κ1) is 11.9. The Morgan fingerprint density at radius 3 is 2.67 bits per heavy atom. The number of fused-ring (bicyclic) bond motifs is 5. The molecule has 3 aliphatic carbocycles. The van der Waals surface area contributed by atoms with E-state index < -0.39 is 0 Å². The normalized spacial score (nSPS) is 35.8. The summed E-state index contributed by atoms with van der Waals surface area (Å²) in [6, 6.07) is 0.512. The van der Waals surface area contributed by atoms with Crippen molar-refractivity contribution in [2.75, 3.05) is 5.32 Å². The van der Waals surface area contributed by atoms with Crippen LogP contribution in [-0.4, -0.2) is 35.8 Å². The maximum absolute atomic E-state index is 6.00. The molecule has 0 saturated heterocycles. The summed E-state index contributed by atoms with van der Waals surface area (Å²) in [4.78, 5) is 16.6. The molecule has 0 spiro atoms. The predicted molar refractivity (Wildman–Crippen MR) is 75.0 cm³/mol. The number of hydrogen-bond acceptors (Lipinski definition) is 6. The first-order valence-corrected chi connectivity index (χ1v) is 7.70. The number of nitrogens with one attached hydrogen (secondary N) is 1. The lowest BCUT2D eigenvalue weighted by molar-refractivity contribution is 0.456. The van der Waals surface area contributed by atoms with E-state index in [1.807, 2.05) is 0 Å². The van der Waals surface area contributed by atoms with E-state index in [1.165, 1.54) is 30.3 Å². The second-order valence-electron chi connectivity index (χ2n) is 6.23. The van der Waals surface area contributed by atoms with Gasteiger partial charge in [0.15, 0.2) is 0 Å². The summed E-state index contributed by atoms with van der Waals surface area (Å²) in [6.45, 7) is 0. The average molecular weight is 304 g/mol. The van der Waals surface area contributed by atoms with E-state index in [9.17, 15) is 0 Å². The molecule has 0 aromatic carbocycles. The van der Waals surface area contributed by atoms with Gasteiger partial charge in [-0.1, -0.05) is 0 Å². The van der Waals surface area contributed by atoms with Crippen LogP contribution in [0.4, 0.5) is 5.95 Å². The van der Waals surface area contributed by atoms with Crippen LogP contribution < -0.4 is 5.32 Å². The quantitative estimate of drug-likeness (QED) is 0.927. The fourth-order valence-corrected chi connectivity index (χ4v) is 4.64. The molecule has 4 atom stereocenters. The number of halogens is 1. The summed E-state index contributed by atoms with van der Waals surface area (Å²) in [5, 5.41) is 7.65. The Morgan fingerprint density at radius 1 is 1.14 bits per heavy atom. The molecular weight excluding hydrogens is 290 g/mol. The largest absolute Gasteiger partial charge is 0.351 e. The van der Waals surface area contributed by atoms with Crippen molar-refractivity contribution in [2.24, 2.45) is 23.7 Å². The highest BCUT2D eigenvalue weighted by atomic mass is 35.5. The van der Waals surface area contributed by atoms with Crippen molar-refractivity contribution < 1.29 is 0 Å². The molecule has 5 rings (SSSR count). The van der Waals surface area contributed by atoms with Crippen LogP contribution in [0.25, 0.3) is 5.95 Å². The van der Waals surface area contributed by atoms with Gasteiger partial charge in [-0.05, 0) is 54.5 Å². The zero-order valence-corrected chi connectivity index (χ0v) is 12.0. The Bertz CT molecular complexity index is 672. The zero-order chi connectivity index (χ0) is 14.0. The molecule has 0 aliphatic heterocycles. The molecule has 4 unspecified atom stereocenters. The molecule has 1 N–H and O–H groups in total. The minimum Gasteiger partial charge on any atom is -0.351 e. The molecule has 108 valence electrons. The lowest BCUT2D eigenvalue weighted by Crippen LogP contribution is -2.16. The number of anilines is 1. The van der Waals surface area contributed by atoms with Gasteiger partial charge >= 0.3 is 0 Å². The Hall–Kier alpha value is -1.76. The summed E-state index contributed by atoms with van der Waals surface area (Å²) in [7, 11) is 0. The number of rotatable bonds is 3. The van der Waals surface area contributed by atoms with E-state index in [2.05, 4.69) is 30.4 Å². The number of nitrogens with zero attached hydrogens (tertiary/aromatic N) is 6. The third-order valence-electron chi connectivity index (χ3n) is 5.25. The van der Waals surface area contributed by atoms with E-state index in [1.54, 1.807) is 6.33 Å². The standard InChI is InChI=1S/C13H14ClN7/c14-11-18-12(20-13(19-11)21-5-15-4-16-21)17-10-8-6-1-2-7(3-6)9(8)10/h4-10H,1-3H2,(H,17,18,19,20).